The summed E-state index contributed by atoms with van der Waals surface area (Å²) in [5.41, 5.74) is -1.96. The van der Waals surface area contributed by atoms with E-state index in [1.165, 1.54) is 12.2 Å². The van der Waals surface area contributed by atoms with E-state index in [2.05, 4.69) is 18.5 Å². The highest BCUT2D eigenvalue weighted by Crippen LogP contribution is 2.25. The van der Waals surface area contributed by atoms with E-state index >= 15 is 0 Å². The second-order valence-corrected chi connectivity index (χ2v) is 7.03. The Morgan fingerprint density at radius 3 is 2.03 bits per heavy atom. The molecule has 0 spiro atoms. The normalized spacial score (nSPS) is 11.7. The van der Waals surface area contributed by atoms with Gasteiger partial charge in [-0.25, -0.2) is 28.1 Å². The fourth-order valence-corrected chi connectivity index (χ4v) is 3.32. The third-order valence-corrected chi connectivity index (χ3v) is 4.68. The van der Waals surface area contributed by atoms with Crippen LogP contribution in [0.1, 0.15) is 18.5 Å². The molecule has 1 heterocycles. The predicted molar refractivity (Wildman–Crippen MR) is 113 cm³/mol. The summed E-state index contributed by atoms with van der Waals surface area (Å²) in [6.07, 6.45) is 2.70. The third kappa shape index (κ3) is 4.96. The van der Waals surface area contributed by atoms with E-state index in [0.717, 1.165) is 9.13 Å². The molecule has 1 N–H and O–H groups in total. The van der Waals surface area contributed by atoms with Crippen molar-refractivity contribution in [3.8, 4) is 0 Å². The number of nitrogens with zero attached hydrogens (tertiary/aromatic N) is 3. The second kappa shape index (κ2) is 9.58. The fraction of sp³-hybridized carbons (Fsp3) is 0.263. The van der Waals surface area contributed by atoms with Crippen LogP contribution in [0.15, 0.2) is 57.9 Å². The Balaban J connectivity index is 2.37. The first-order chi connectivity index (χ1) is 13.7. The molecule has 0 aliphatic carbocycles. The van der Waals surface area contributed by atoms with Gasteiger partial charge in [-0.15, -0.1) is 13.2 Å². The van der Waals surface area contributed by atoms with Crippen LogP contribution in [0, 0.1) is 0 Å². The van der Waals surface area contributed by atoms with Crippen LogP contribution in [0.2, 0.25) is 10.0 Å². The maximum absolute atomic E-state index is 12.6. The predicted octanol–water partition coefficient (Wildman–Crippen LogP) is 1.73. The van der Waals surface area contributed by atoms with Gasteiger partial charge in [-0.1, -0.05) is 41.4 Å². The quantitative estimate of drug-likeness (QED) is 0.634. The van der Waals surface area contributed by atoms with Crippen molar-refractivity contribution >= 4 is 29.1 Å². The van der Waals surface area contributed by atoms with E-state index in [1.54, 1.807) is 25.1 Å². The van der Waals surface area contributed by atoms with Gasteiger partial charge in [0.1, 0.15) is 6.54 Å². The van der Waals surface area contributed by atoms with Gasteiger partial charge in [0.05, 0.1) is 19.1 Å². The Bertz CT molecular complexity index is 1080. The van der Waals surface area contributed by atoms with Crippen molar-refractivity contribution < 1.29 is 4.79 Å². The molecule has 0 radical (unpaired) electrons. The molecule has 29 heavy (non-hydrogen) atoms. The summed E-state index contributed by atoms with van der Waals surface area (Å²) in [6, 6.07) is 4.35. The number of halogens is 2. The Labute approximate surface area is 176 Å². The molecule has 0 bridgehead atoms. The number of amides is 1. The molecule has 1 atom stereocenters. The number of carbonyl (C=O) groups is 1. The van der Waals surface area contributed by atoms with E-state index in [4.69, 9.17) is 23.2 Å². The van der Waals surface area contributed by atoms with E-state index < -0.39 is 35.6 Å². The molecule has 154 valence electrons. The number of aromatic nitrogens is 3. The first kappa shape index (κ1) is 22.4. The van der Waals surface area contributed by atoms with E-state index in [9.17, 15) is 19.2 Å². The molecule has 8 nitrogen and oxygen atoms in total. The van der Waals surface area contributed by atoms with Crippen molar-refractivity contribution in [2.75, 3.05) is 0 Å². The van der Waals surface area contributed by atoms with Crippen LogP contribution in [0.5, 0.6) is 0 Å². The Morgan fingerprint density at radius 1 is 1.03 bits per heavy atom. The number of hydrogen-bond donors (Lipinski definition) is 1. The molecule has 2 aromatic rings. The molecule has 10 heteroatoms. The van der Waals surface area contributed by atoms with Crippen molar-refractivity contribution in [1.29, 1.82) is 0 Å². The zero-order chi connectivity index (χ0) is 21.7. The minimum atomic E-state index is -0.896. The summed E-state index contributed by atoms with van der Waals surface area (Å²) in [6.45, 7) is 7.92. The lowest BCUT2D eigenvalue weighted by molar-refractivity contribution is -0.122. The zero-order valence-electron chi connectivity index (χ0n) is 15.7. The molecule has 0 fully saturated rings. The third-order valence-electron chi connectivity index (χ3n) is 4.12. The monoisotopic (exact) mass is 438 g/mol. The van der Waals surface area contributed by atoms with Gasteiger partial charge in [0.25, 0.3) is 0 Å². The maximum Gasteiger partial charge on any atom is 0.337 e. The summed E-state index contributed by atoms with van der Waals surface area (Å²) in [4.78, 5) is 50.0. The van der Waals surface area contributed by atoms with E-state index in [-0.39, 0.29) is 13.1 Å². The molecular weight excluding hydrogens is 419 g/mol. The SMILES string of the molecule is C=CCn1c(=O)n(CC=C)c(=O)n(CC(=O)N[C@H](C)c2ccc(Cl)cc2Cl)c1=O. The number of nitrogens with one attached hydrogen (secondary N) is 1. The first-order valence-electron chi connectivity index (χ1n) is 8.61. The molecule has 0 unspecified atom stereocenters. The van der Waals surface area contributed by atoms with Crippen molar-refractivity contribution in [1.82, 2.24) is 19.0 Å². The summed E-state index contributed by atoms with van der Waals surface area (Å²) < 4.78 is 2.34. The van der Waals surface area contributed by atoms with Gasteiger partial charge in [-0.05, 0) is 24.6 Å². The molecular formula is C19H20Cl2N4O4. The van der Waals surface area contributed by atoms with Crippen molar-refractivity contribution in [3.63, 3.8) is 0 Å². The average molecular weight is 439 g/mol. The molecule has 1 amide bonds. The lowest BCUT2D eigenvalue weighted by Crippen LogP contribution is -2.55. The van der Waals surface area contributed by atoms with Gasteiger partial charge in [-0.2, -0.15) is 0 Å². The number of rotatable bonds is 8. The summed E-state index contributed by atoms with van der Waals surface area (Å²) in [7, 11) is 0. The Hall–Kier alpha value is -2.84. The van der Waals surface area contributed by atoms with Gasteiger partial charge >= 0.3 is 17.1 Å². The lowest BCUT2D eigenvalue weighted by atomic mass is 10.1. The highest BCUT2D eigenvalue weighted by Gasteiger charge is 2.18. The van der Waals surface area contributed by atoms with Crippen LogP contribution in [0.4, 0.5) is 0 Å². The van der Waals surface area contributed by atoms with Crippen molar-refractivity contribution in [2.45, 2.75) is 32.6 Å². The summed E-state index contributed by atoms with van der Waals surface area (Å²) >= 11 is 12.0. The largest absolute Gasteiger partial charge is 0.348 e. The summed E-state index contributed by atoms with van der Waals surface area (Å²) in [5.74, 6) is -0.600. The second-order valence-electron chi connectivity index (χ2n) is 6.19. The zero-order valence-corrected chi connectivity index (χ0v) is 17.2. The number of hydrogen-bond acceptors (Lipinski definition) is 4. The maximum atomic E-state index is 12.6. The topological polar surface area (TPSA) is 95.1 Å². The average Bonchev–Trinajstić information content (AvgIpc) is 2.65. The molecule has 1 aromatic carbocycles. The number of allylic oxidation sites excluding steroid dienone is 2. The van der Waals surface area contributed by atoms with Gasteiger partial charge in [-0.3, -0.25) is 4.79 Å². The summed E-state index contributed by atoms with van der Waals surface area (Å²) in [5, 5.41) is 3.50. The van der Waals surface area contributed by atoms with Crippen molar-refractivity contribution in [2.24, 2.45) is 0 Å². The van der Waals surface area contributed by atoms with Crippen LogP contribution in [-0.2, 0) is 24.4 Å². The van der Waals surface area contributed by atoms with Crippen LogP contribution in [0.3, 0.4) is 0 Å². The Morgan fingerprint density at radius 2 is 1.55 bits per heavy atom. The van der Waals surface area contributed by atoms with Crippen LogP contribution >= 0.6 is 23.2 Å². The van der Waals surface area contributed by atoms with Gasteiger partial charge in [0.15, 0.2) is 0 Å². The smallest absolute Gasteiger partial charge is 0.337 e. The van der Waals surface area contributed by atoms with Gasteiger partial charge in [0.2, 0.25) is 5.91 Å². The standard InChI is InChI=1S/C19H20Cl2N4O4/c1-4-8-23-17(27)24(9-5-2)19(29)25(18(23)28)11-16(26)22-12(3)14-7-6-13(20)10-15(14)21/h4-7,10,12H,1-2,8-9,11H2,3H3,(H,22,26)/t12-/m1/s1. The molecule has 0 aliphatic heterocycles. The first-order valence-corrected chi connectivity index (χ1v) is 9.37. The molecule has 0 aliphatic rings. The van der Waals surface area contributed by atoms with Crippen LogP contribution in [0.25, 0.3) is 0 Å². The van der Waals surface area contributed by atoms with Crippen LogP contribution in [-0.4, -0.2) is 19.6 Å². The highest BCUT2D eigenvalue weighted by atomic mass is 35.5. The number of carbonyl (C=O) groups excluding carboxylic acids is 1. The Kier molecular flexibility index (Phi) is 7.41. The minimum Gasteiger partial charge on any atom is -0.348 e. The molecule has 2 rings (SSSR count). The van der Waals surface area contributed by atoms with Crippen molar-refractivity contribution in [3.05, 3.63) is 90.6 Å². The number of benzene rings is 1. The van der Waals surface area contributed by atoms with Crippen LogP contribution < -0.4 is 22.4 Å². The molecule has 0 saturated heterocycles. The van der Waals surface area contributed by atoms with Gasteiger partial charge in [0, 0.05) is 10.0 Å². The fourth-order valence-electron chi connectivity index (χ4n) is 2.75. The highest BCUT2D eigenvalue weighted by molar-refractivity contribution is 6.35. The lowest BCUT2D eigenvalue weighted by Gasteiger charge is -2.17. The van der Waals surface area contributed by atoms with E-state index in [1.807, 2.05) is 0 Å². The minimum absolute atomic E-state index is 0.104. The van der Waals surface area contributed by atoms with Gasteiger partial charge < -0.3 is 5.32 Å². The molecule has 1 aromatic heterocycles. The van der Waals surface area contributed by atoms with E-state index in [0.29, 0.717) is 20.2 Å². The molecule has 0 saturated carbocycles.